The first-order valence-electron chi connectivity index (χ1n) is 5.16. The maximum atomic E-state index is 5.96. The van der Waals surface area contributed by atoms with E-state index in [2.05, 4.69) is 38.2 Å². The Labute approximate surface area is 85.3 Å². The Bertz CT molecular complexity index is 348. The molecule has 1 aliphatic rings. The third-order valence-electron chi connectivity index (χ3n) is 2.89. The molecule has 1 atom stereocenters. The first kappa shape index (κ1) is 9.38. The van der Waals surface area contributed by atoms with Crippen LogP contribution in [-0.2, 0) is 0 Å². The van der Waals surface area contributed by atoms with E-state index in [4.69, 9.17) is 4.74 Å². The van der Waals surface area contributed by atoms with Gasteiger partial charge < -0.3 is 10.1 Å². The van der Waals surface area contributed by atoms with Gasteiger partial charge in [-0.15, -0.1) is 0 Å². The largest absolute Gasteiger partial charge is 0.484 e. The van der Waals surface area contributed by atoms with E-state index in [-0.39, 0.29) is 5.60 Å². The number of hydrogen-bond donors (Lipinski definition) is 1. The Kier molecular flexibility index (Phi) is 2.14. The molecular weight excluding hydrogens is 174 g/mol. The molecule has 0 saturated carbocycles. The van der Waals surface area contributed by atoms with Crippen LogP contribution in [0.2, 0.25) is 0 Å². The summed E-state index contributed by atoms with van der Waals surface area (Å²) in [6.07, 6.45) is 1.02. The highest BCUT2D eigenvalue weighted by Gasteiger charge is 2.29. The summed E-state index contributed by atoms with van der Waals surface area (Å²) in [5, 5.41) is 3.42. The van der Waals surface area contributed by atoms with Crippen LogP contribution in [0.25, 0.3) is 0 Å². The minimum Gasteiger partial charge on any atom is -0.484 e. The fraction of sp³-hybridized carbons (Fsp3) is 0.500. The summed E-state index contributed by atoms with van der Waals surface area (Å²) in [5.74, 6) is 0.978. The molecular formula is C12H17NO. The van der Waals surface area contributed by atoms with E-state index in [0.29, 0.717) is 0 Å². The third kappa shape index (κ3) is 1.57. The second kappa shape index (κ2) is 3.19. The van der Waals surface area contributed by atoms with Crippen molar-refractivity contribution in [3.05, 3.63) is 23.8 Å². The predicted molar refractivity (Wildman–Crippen MR) is 59.0 cm³/mol. The molecule has 14 heavy (non-hydrogen) atoms. The Balaban J connectivity index is 2.31. The molecule has 2 nitrogen and oxygen atoms in total. The average Bonchev–Trinajstić information content (AvgIpc) is 2.19. The summed E-state index contributed by atoms with van der Waals surface area (Å²) in [4.78, 5) is 0. The number of rotatable bonds is 1. The van der Waals surface area contributed by atoms with Crippen LogP contribution in [0.4, 0.5) is 5.69 Å². The number of hydrogen-bond acceptors (Lipinski definition) is 2. The van der Waals surface area contributed by atoms with Gasteiger partial charge in [0.25, 0.3) is 0 Å². The summed E-state index contributed by atoms with van der Waals surface area (Å²) in [5.41, 5.74) is 2.33. The van der Waals surface area contributed by atoms with Gasteiger partial charge in [0.05, 0.1) is 12.2 Å². The number of ether oxygens (including phenoxy) is 1. The SMILES string of the molecule is CCC1(C)CNc2cc(C)ccc2O1. The highest BCUT2D eigenvalue weighted by molar-refractivity contribution is 5.59. The lowest BCUT2D eigenvalue weighted by Gasteiger charge is -2.35. The highest BCUT2D eigenvalue weighted by atomic mass is 16.5. The summed E-state index contributed by atoms with van der Waals surface area (Å²) < 4.78 is 5.96. The van der Waals surface area contributed by atoms with Crippen LogP contribution >= 0.6 is 0 Å². The zero-order valence-corrected chi connectivity index (χ0v) is 9.05. The van der Waals surface area contributed by atoms with E-state index in [9.17, 15) is 0 Å². The van der Waals surface area contributed by atoms with Crippen LogP contribution < -0.4 is 10.1 Å². The molecule has 2 heteroatoms. The van der Waals surface area contributed by atoms with Crippen molar-refractivity contribution in [2.45, 2.75) is 32.8 Å². The fourth-order valence-electron chi connectivity index (χ4n) is 1.65. The number of anilines is 1. The second-order valence-electron chi connectivity index (χ2n) is 4.26. The first-order valence-corrected chi connectivity index (χ1v) is 5.16. The van der Waals surface area contributed by atoms with Gasteiger partial charge in [0, 0.05) is 0 Å². The van der Waals surface area contributed by atoms with E-state index >= 15 is 0 Å². The van der Waals surface area contributed by atoms with Crippen LogP contribution in [0.15, 0.2) is 18.2 Å². The Morgan fingerprint density at radius 2 is 2.29 bits per heavy atom. The van der Waals surface area contributed by atoms with E-state index in [0.717, 1.165) is 24.4 Å². The maximum absolute atomic E-state index is 5.96. The lowest BCUT2D eigenvalue weighted by atomic mass is 10.0. The minimum atomic E-state index is -0.0533. The van der Waals surface area contributed by atoms with Gasteiger partial charge in [0.15, 0.2) is 0 Å². The molecule has 1 aromatic rings. The van der Waals surface area contributed by atoms with Crippen molar-refractivity contribution in [1.29, 1.82) is 0 Å². The molecule has 1 N–H and O–H groups in total. The molecule has 0 spiro atoms. The minimum absolute atomic E-state index is 0.0533. The lowest BCUT2D eigenvalue weighted by Crippen LogP contribution is -2.42. The van der Waals surface area contributed by atoms with Gasteiger partial charge >= 0.3 is 0 Å². The van der Waals surface area contributed by atoms with Crippen molar-refractivity contribution in [2.75, 3.05) is 11.9 Å². The number of benzene rings is 1. The smallest absolute Gasteiger partial charge is 0.143 e. The molecule has 1 unspecified atom stereocenters. The van der Waals surface area contributed by atoms with Crippen LogP contribution in [0, 0.1) is 6.92 Å². The van der Waals surface area contributed by atoms with Crippen molar-refractivity contribution < 1.29 is 4.74 Å². The Hall–Kier alpha value is -1.18. The summed E-state index contributed by atoms with van der Waals surface area (Å²) in [7, 11) is 0. The van der Waals surface area contributed by atoms with Gasteiger partial charge in [-0.25, -0.2) is 0 Å². The van der Waals surface area contributed by atoms with E-state index in [1.54, 1.807) is 0 Å². The normalized spacial score (nSPS) is 24.8. The molecule has 0 aliphatic carbocycles. The van der Waals surface area contributed by atoms with E-state index in [1.807, 2.05) is 6.07 Å². The lowest BCUT2D eigenvalue weighted by molar-refractivity contribution is 0.0911. The maximum Gasteiger partial charge on any atom is 0.143 e. The van der Waals surface area contributed by atoms with E-state index < -0.39 is 0 Å². The molecule has 0 saturated heterocycles. The predicted octanol–water partition coefficient (Wildman–Crippen LogP) is 2.97. The molecule has 1 aliphatic heterocycles. The van der Waals surface area contributed by atoms with Crippen molar-refractivity contribution >= 4 is 5.69 Å². The Morgan fingerprint density at radius 1 is 1.50 bits per heavy atom. The van der Waals surface area contributed by atoms with Crippen LogP contribution in [0.5, 0.6) is 5.75 Å². The molecule has 2 rings (SSSR count). The Morgan fingerprint density at radius 3 is 3.00 bits per heavy atom. The standard InChI is InChI=1S/C12H17NO/c1-4-12(3)8-13-10-7-9(2)5-6-11(10)14-12/h5-7,13H,4,8H2,1-3H3. The summed E-state index contributed by atoms with van der Waals surface area (Å²) >= 11 is 0. The first-order chi connectivity index (χ1) is 6.63. The number of nitrogens with one attached hydrogen (secondary N) is 1. The molecule has 76 valence electrons. The number of aryl methyl sites for hydroxylation is 1. The topological polar surface area (TPSA) is 21.3 Å². The van der Waals surface area contributed by atoms with Gasteiger partial charge in [-0.3, -0.25) is 0 Å². The second-order valence-corrected chi connectivity index (χ2v) is 4.26. The molecule has 0 radical (unpaired) electrons. The van der Waals surface area contributed by atoms with Crippen molar-refractivity contribution in [3.63, 3.8) is 0 Å². The summed E-state index contributed by atoms with van der Waals surface area (Å²) in [6.45, 7) is 7.28. The fourth-order valence-corrected chi connectivity index (χ4v) is 1.65. The van der Waals surface area contributed by atoms with Gasteiger partial charge in [0.2, 0.25) is 0 Å². The monoisotopic (exact) mass is 191 g/mol. The average molecular weight is 191 g/mol. The van der Waals surface area contributed by atoms with Crippen LogP contribution in [0.3, 0.4) is 0 Å². The molecule has 1 aromatic carbocycles. The summed E-state index contributed by atoms with van der Waals surface area (Å²) in [6, 6.07) is 6.26. The van der Waals surface area contributed by atoms with Crippen molar-refractivity contribution in [1.82, 2.24) is 0 Å². The molecule has 0 fully saturated rings. The number of fused-ring (bicyclic) bond motifs is 1. The quantitative estimate of drug-likeness (QED) is 0.736. The highest BCUT2D eigenvalue weighted by Crippen LogP contribution is 2.34. The van der Waals surface area contributed by atoms with E-state index in [1.165, 1.54) is 5.56 Å². The van der Waals surface area contributed by atoms with Gasteiger partial charge in [-0.05, 0) is 38.0 Å². The zero-order valence-electron chi connectivity index (χ0n) is 9.05. The zero-order chi connectivity index (χ0) is 10.2. The van der Waals surface area contributed by atoms with Gasteiger partial charge in [-0.2, -0.15) is 0 Å². The third-order valence-corrected chi connectivity index (χ3v) is 2.89. The molecule has 0 bridgehead atoms. The van der Waals surface area contributed by atoms with Gasteiger partial charge in [-0.1, -0.05) is 13.0 Å². The molecule has 0 aromatic heterocycles. The van der Waals surface area contributed by atoms with Crippen molar-refractivity contribution in [3.8, 4) is 5.75 Å². The van der Waals surface area contributed by atoms with Crippen LogP contribution in [0.1, 0.15) is 25.8 Å². The molecule has 1 heterocycles. The van der Waals surface area contributed by atoms with Gasteiger partial charge in [0.1, 0.15) is 11.4 Å². The molecule has 0 amide bonds. The van der Waals surface area contributed by atoms with Crippen LogP contribution in [-0.4, -0.2) is 12.1 Å². The van der Waals surface area contributed by atoms with Crippen molar-refractivity contribution in [2.24, 2.45) is 0 Å².